The van der Waals surface area contributed by atoms with E-state index in [9.17, 15) is 0 Å². The molecule has 74 valence electrons. The summed E-state index contributed by atoms with van der Waals surface area (Å²) in [5, 5.41) is 0. The lowest BCUT2D eigenvalue weighted by molar-refractivity contribution is 0.159. The minimum Gasteiger partial charge on any atom is -0.492 e. The Morgan fingerprint density at radius 3 is 2.00 bits per heavy atom. The molecule has 0 aromatic carbocycles. The van der Waals surface area contributed by atoms with Crippen LogP contribution in [0.4, 0.5) is 0 Å². The Labute approximate surface area is 81.8 Å². The Hall–Kier alpha value is -0.980. The molecule has 0 aliphatic heterocycles. The van der Waals surface area contributed by atoms with Crippen LogP contribution in [0.3, 0.4) is 0 Å². The first-order chi connectivity index (χ1) is 5.93. The molecule has 0 saturated carbocycles. The van der Waals surface area contributed by atoms with E-state index in [-0.39, 0.29) is 6.10 Å². The lowest BCUT2D eigenvalue weighted by Crippen LogP contribution is -1.99. The van der Waals surface area contributed by atoms with Gasteiger partial charge in [-0.25, -0.2) is 0 Å². The molecular formula is C12H20O. The van der Waals surface area contributed by atoms with E-state index in [1.807, 2.05) is 26.0 Å². The van der Waals surface area contributed by atoms with Crippen molar-refractivity contribution in [1.82, 2.24) is 0 Å². The van der Waals surface area contributed by atoms with Gasteiger partial charge in [-0.3, -0.25) is 0 Å². The molecule has 0 saturated heterocycles. The van der Waals surface area contributed by atoms with Crippen molar-refractivity contribution in [3.05, 3.63) is 36.6 Å². The highest BCUT2D eigenvalue weighted by atomic mass is 16.5. The van der Waals surface area contributed by atoms with Gasteiger partial charge >= 0.3 is 0 Å². The van der Waals surface area contributed by atoms with Crippen molar-refractivity contribution in [3.8, 4) is 0 Å². The molecule has 1 nitrogen and oxygen atoms in total. The maximum Gasteiger partial charge on any atom is 0.112 e. The van der Waals surface area contributed by atoms with Crippen LogP contribution in [-0.2, 0) is 4.74 Å². The lowest BCUT2D eigenvalue weighted by atomic mass is 10.1. The Bertz CT molecular complexity index is 209. The number of rotatable bonds is 5. The van der Waals surface area contributed by atoms with Gasteiger partial charge in [-0.1, -0.05) is 38.7 Å². The normalized spacial score (nSPS) is 11.2. The van der Waals surface area contributed by atoms with Crippen molar-refractivity contribution in [3.63, 3.8) is 0 Å². The standard InChI is InChI=1S/C12H20O/c1-9(2)11(5)7-8-12(6)13-10(3)4/h7-10H,5-6H2,1-4H3/b8-7-. The molecule has 0 aromatic heterocycles. The van der Waals surface area contributed by atoms with Gasteiger partial charge in [0.25, 0.3) is 0 Å². The first-order valence-electron chi connectivity index (χ1n) is 4.66. The number of allylic oxidation sites excluding steroid dienone is 3. The van der Waals surface area contributed by atoms with Gasteiger partial charge < -0.3 is 4.74 Å². The average molecular weight is 180 g/mol. The zero-order chi connectivity index (χ0) is 10.4. The van der Waals surface area contributed by atoms with Crippen molar-refractivity contribution < 1.29 is 4.74 Å². The van der Waals surface area contributed by atoms with Gasteiger partial charge in [0.15, 0.2) is 0 Å². The molecule has 0 aromatic rings. The molecule has 1 heteroatoms. The van der Waals surface area contributed by atoms with Crippen molar-refractivity contribution in [2.45, 2.75) is 33.8 Å². The van der Waals surface area contributed by atoms with Crippen molar-refractivity contribution in [1.29, 1.82) is 0 Å². The summed E-state index contributed by atoms with van der Waals surface area (Å²) in [5.41, 5.74) is 1.09. The Morgan fingerprint density at radius 1 is 1.08 bits per heavy atom. The average Bonchev–Trinajstić information content (AvgIpc) is 1.98. The summed E-state index contributed by atoms with van der Waals surface area (Å²) in [6, 6.07) is 0. The number of hydrogen-bond donors (Lipinski definition) is 0. The molecule has 13 heavy (non-hydrogen) atoms. The highest BCUT2D eigenvalue weighted by Crippen LogP contribution is 2.10. The van der Waals surface area contributed by atoms with E-state index in [4.69, 9.17) is 4.74 Å². The molecule has 0 aliphatic rings. The Morgan fingerprint density at radius 2 is 1.62 bits per heavy atom. The summed E-state index contributed by atoms with van der Waals surface area (Å²) < 4.78 is 5.36. The molecule has 0 N–H and O–H groups in total. The fourth-order valence-electron chi connectivity index (χ4n) is 0.734. The van der Waals surface area contributed by atoms with Gasteiger partial charge in [0.05, 0.1) is 6.10 Å². The molecule has 0 radical (unpaired) electrons. The van der Waals surface area contributed by atoms with Crippen molar-refractivity contribution in [2.24, 2.45) is 5.92 Å². The van der Waals surface area contributed by atoms with E-state index in [2.05, 4.69) is 27.0 Å². The molecule has 0 spiro atoms. The zero-order valence-electron chi connectivity index (χ0n) is 9.13. The van der Waals surface area contributed by atoms with Gasteiger partial charge in [0.1, 0.15) is 5.76 Å². The summed E-state index contributed by atoms with van der Waals surface area (Å²) in [5.74, 6) is 1.17. The summed E-state index contributed by atoms with van der Waals surface area (Å²) in [7, 11) is 0. The molecule has 0 heterocycles. The molecule has 0 amide bonds. The summed E-state index contributed by atoms with van der Waals surface area (Å²) in [6.45, 7) is 15.9. The van der Waals surface area contributed by atoms with Gasteiger partial charge in [0.2, 0.25) is 0 Å². The maximum absolute atomic E-state index is 5.36. The predicted molar refractivity (Wildman–Crippen MR) is 58.5 cm³/mol. The smallest absolute Gasteiger partial charge is 0.112 e. The van der Waals surface area contributed by atoms with Crippen LogP contribution >= 0.6 is 0 Å². The van der Waals surface area contributed by atoms with Crippen LogP contribution in [0.25, 0.3) is 0 Å². The highest BCUT2D eigenvalue weighted by Gasteiger charge is 1.96. The van der Waals surface area contributed by atoms with E-state index in [0.29, 0.717) is 11.7 Å². The van der Waals surface area contributed by atoms with Crippen molar-refractivity contribution >= 4 is 0 Å². The molecular weight excluding hydrogens is 160 g/mol. The molecule has 0 atom stereocenters. The molecule has 0 bridgehead atoms. The van der Waals surface area contributed by atoms with E-state index < -0.39 is 0 Å². The van der Waals surface area contributed by atoms with Gasteiger partial charge in [0, 0.05) is 0 Å². The van der Waals surface area contributed by atoms with E-state index in [1.165, 1.54) is 0 Å². The first-order valence-corrected chi connectivity index (χ1v) is 4.66. The minimum absolute atomic E-state index is 0.185. The maximum atomic E-state index is 5.36. The lowest BCUT2D eigenvalue weighted by Gasteiger charge is -2.09. The number of hydrogen-bond acceptors (Lipinski definition) is 1. The predicted octanol–water partition coefficient (Wildman–Crippen LogP) is 3.69. The second-order valence-corrected chi connectivity index (χ2v) is 3.70. The summed E-state index contributed by atoms with van der Waals surface area (Å²) >= 11 is 0. The molecule has 0 aliphatic carbocycles. The van der Waals surface area contributed by atoms with Gasteiger partial charge in [-0.15, -0.1) is 0 Å². The van der Waals surface area contributed by atoms with Crippen LogP contribution in [0.1, 0.15) is 27.7 Å². The molecule has 0 unspecified atom stereocenters. The third-order valence-corrected chi connectivity index (χ3v) is 1.61. The topological polar surface area (TPSA) is 9.23 Å². The third-order valence-electron chi connectivity index (χ3n) is 1.61. The van der Waals surface area contributed by atoms with Crippen LogP contribution in [-0.4, -0.2) is 6.10 Å². The minimum atomic E-state index is 0.185. The fraction of sp³-hybridized carbons (Fsp3) is 0.500. The second-order valence-electron chi connectivity index (χ2n) is 3.70. The monoisotopic (exact) mass is 180 g/mol. The van der Waals surface area contributed by atoms with Crippen LogP contribution in [0.15, 0.2) is 36.6 Å². The van der Waals surface area contributed by atoms with Crippen LogP contribution in [0.5, 0.6) is 0 Å². The summed E-state index contributed by atoms with van der Waals surface area (Å²) in [4.78, 5) is 0. The SMILES string of the molecule is C=C(/C=C\C(=C)C(C)C)OC(C)C. The highest BCUT2D eigenvalue weighted by molar-refractivity contribution is 5.22. The quantitative estimate of drug-likeness (QED) is 0.463. The van der Waals surface area contributed by atoms with E-state index in [1.54, 1.807) is 0 Å². The Kier molecular flexibility index (Phi) is 5.20. The molecule has 0 fully saturated rings. The fourth-order valence-corrected chi connectivity index (χ4v) is 0.734. The molecule has 0 rings (SSSR count). The van der Waals surface area contributed by atoms with Gasteiger partial charge in [-0.05, 0) is 25.8 Å². The van der Waals surface area contributed by atoms with Crippen LogP contribution < -0.4 is 0 Å². The second kappa shape index (κ2) is 5.63. The third kappa shape index (κ3) is 6.21. The van der Waals surface area contributed by atoms with E-state index >= 15 is 0 Å². The van der Waals surface area contributed by atoms with Crippen LogP contribution in [0, 0.1) is 5.92 Å². The number of ether oxygens (including phenoxy) is 1. The van der Waals surface area contributed by atoms with Crippen molar-refractivity contribution in [2.75, 3.05) is 0 Å². The largest absolute Gasteiger partial charge is 0.492 e. The van der Waals surface area contributed by atoms with Crippen LogP contribution in [0.2, 0.25) is 0 Å². The van der Waals surface area contributed by atoms with E-state index in [0.717, 1.165) is 5.57 Å². The first kappa shape index (κ1) is 12.0. The van der Waals surface area contributed by atoms with Gasteiger partial charge in [-0.2, -0.15) is 0 Å². The zero-order valence-corrected chi connectivity index (χ0v) is 9.13. The Balaban J connectivity index is 3.98. The summed E-state index contributed by atoms with van der Waals surface area (Å²) in [6.07, 6.45) is 4.00.